The molecule has 34 heavy (non-hydrogen) atoms. The maximum atomic E-state index is 13.5. The van der Waals surface area contributed by atoms with Gasteiger partial charge in [-0.1, -0.05) is 28.1 Å². The highest BCUT2D eigenvalue weighted by atomic mass is 79.9. The standard InChI is InChI=1S/C26H19BrFN3O2S/c27-19-8-9-23(33-15-16-4-3-5-20(28)10-16)17(12-19)11-18(13-29)25(32)31-26-22(14-30)21-6-1-2-7-24(21)34-26/h3-5,8-12H,1-2,6-7,15H2,(H,31,32)/b18-11+. The van der Waals surface area contributed by atoms with Gasteiger partial charge in [-0.3, -0.25) is 4.79 Å². The number of nitriles is 2. The zero-order chi connectivity index (χ0) is 24.1. The number of benzene rings is 2. The molecule has 2 aromatic carbocycles. The van der Waals surface area contributed by atoms with Gasteiger partial charge < -0.3 is 10.1 Å². The number of carbonyl (C=O) groups is 1. The van der Waals surface area contributed by atoms with Gasteiger partial charge in [0.2, 0.25) is 0 Å². The molecule has 8 heteroatoms. The average molecular weight is 536 g/mol. The van der Waals surface area contributed by atoms with Gasteiger partial charge >= 0.3 is 0 Å². The Morgan fingerprint density at radius 2 is 2.03 bits per heavy atom. The molecule has 1 N–H and O–H groups in total. The van der Waals surface area contributed by atoms with Gasteiger partial charge in [0.15, 0.2) is 0 Å². The van der Waals surface area contributed by atoms with Crippen molar-refractivity contribution in [2.24, 2.45) is 0 Å². The van der Waals surface area contributed by atoms with Crippen molar-refractivity contribution in [2.75, 3.05) is 5.32 Å². The fraction of sp³-hybridized carbons (Fsp3) is 0.192. The number of amides is 1. The molecular formula is C26H19BrFN3O2S. The van der Waals surface area contributed by atoms with E-state index in [0.717, 1.165) is 40.6 Å². The van der Waals surface area contributed by atoms with E-state index in [1.165, 1.54) is 29.5 Å². The molecule has 0 saturated heterocycles. The van der Waals surface area contributed by atoms with Crippen LogP contribution < -0.4 is 10.1 Å². The van der Waals surface area contributed by atoms with E-state index in [4.69, 9.17) is 4.74 Å². The predicted octanol–water partition coefficient (Wildman–Crippen LogP) is 6.52. The summed E-state index contributed by atoms with van der Waals surface area (Å²) in [5.74, 6) is -0.501. The summed E-state index contributed by atoms with van der Waals surface area (Å²) in [6.45, 7) is 0.126. The topological polar surface area (TPSA) is 85.9 Å². The number of anilines is 1. The van der Waals surface area contributed by atoms with E-state index < -0.39 is 5.91 Å². The number of aryl methyl sites for hydroxylation is 1. The van der Waals surface area contributed by atoms with Crippen LogP contribution >= 0.6 is 27.3 Å². The summed E-state index contributed by atoms with van der Waals surface area (Å²) in [7, 11) is 0. The van der Waals surface area contributed by atoms with Crippen LogP contribution in [0.2, 0.25) is 0 Å². The van der Waals surface area contributed by atoms with Gasteiger partial charge in [0, 0.05) is 14.9 Å². The normalized spacial score (nSPS) is 12.9. The molecule has 170 valence electrons. The summed E-state index contributed by atoms with van der Waals surface area (Å²) in [6.07, 6.45) is 5.26. The first kappa shape index (κ1) is 23.7. The van der Waals surface area contributed by atoms with Gasteiger partial charge in [-0.15, -0.1) is 11.3 Å². The van der Waals surface area contributed by atoms with Crippen molar-refractivity contribution in [1.29, 1.82) is 10.5 Å². The lowest BCUT2D eigenvalue weighted by Gasteiger charge is -2.11. The fourth-order valence-corrected chi connectivity index (χ4v) is 5.41. The average Bonchev–Trinajstić information content (AvgIpc) is 3.18. The van der Waals surface area contributed by atoms with Gasteiger partial charge in [-0.2, -0.15) is 10.5 Å². The van der Waals surface area contributed by atoms with Crippen LogP contribution in [0.1, 0.15) is 40.0 Å². The maximum Gasteiger partial charge on any atom is 0.266 e. The second-order valence-electron chi connectivity index (χ2n) is 7.75. The van der Waals surface area contributed by atoms with E-state index in [1.54, 1.807) is 30.3 Å². The number of thiophene rings is 1. The predicted molar refractivity (Wildman–Crippen MR) is 133 cm³/mol. The number of ether oxygens (including phenoxy) is 1. The molecule has 4 rings (SSSR count). The zero-order valence-corrected chi connectivity index (χ0v) is 20.4. The second-order valence-corrected chi connectivity index (χ2v) is 9.77. The molecule has 0 atom stereocenters. The lowest BCUT2D eigenvalue weighted by Crippen LogP contribution is -2.13. The van der Waals surface area contributed by atoms with E-state index in [9.17, 15) is 19.7 Å². The summed E-state index contributed by atoms with van der Waals surface area (Å²) in [5, 5.41) is 22.6. The van der Waals surface area contributed by atoms with E-state index in [1.807, 2.05) is 6.07 Å². The van der Waals surface area contributed by atoms with Crippen LogP contribution in [0.5, 0.6) is 5.75 Å². The minimum Gasteiger partial charge on any atom is -0.488 e. The van der Waals surface area contributed by atoms with Gasteiger partial charge in [-0.25, -0.2) is 4.39 Å². The van der Waals surface area contributed by atoms with Gasteiger partial charge in [-0.05, 0) is 73.2 Å². The number of carbonyl (C=O) groups excluding carboxylic acids is 1. The molecule has 5 nitrogen and oxygen atoms in total. The first-order valence-corrected chi connectivity index (χ1v) is 12.2. The van der Waals surface area contributed by atoms with Crippen LogP contribution in [0.3, 0.4) is 0 Å². The third-order valence-electron chi connectivity index (χ3n) is 5.43. The van der Waals surface area contributed by atoms with Crippen LogP contribution in [0.15, 0.2) is 52.5 Å². The fourth-order valence-electron chi connectivity index (χ4n) is 3.80. The van der Waals surface area contributed by atoms with Crippen LogP contribution in [-0.2, 0) is 24.2 Å². The number of rotatable bonds is 6. The summed E-state index contributed by atoms with van der Waals surface area (Å²) in [4.78, 5) is 14.1. The minimum absolute atomic E-state index is 0.121. The smallest absolute Gasteiger partial charge is 0.266 e. The number of hydrogen-bond acceptors (Lipinski definition) is 5. The summed E-state index contributed by atoms with van der Waals surface area (Å²) in [6, 6.07) is 15.5. The van der Waals surface area contributed by atoms with E-state index in [2.05, 4.69) is 27.3 Å². The number of fused-ring (bicyclic) bond motifs is 1. The lowest BCUT2D eigenvalue weighted by atomic mass is 9.96. The molecule has 1 heterocycles. The Hall–Kier alpha value is -3.46. The number of halogens is 2. The Morgan fingerprint density at radius 1 is 1.21 bits per heavy atom. The van der Waals surface area contributed by atoms with Crippen molar-refractivity contribution in [1.82, 2.24) is 0 Å². The zero-order valence-electron chi connectivity index (χ0n) is 18.0. The molecule has 0 aliphatic heterocycles. The quantitative estimate of drug-likeness (QED) is 0.287. The molecule has 1 aromatic heterocycles. The maximum absolute atomic E-state index is 13.5. The Balaban J connectivity index is 1.58. The third-order valence-corrected chi connectivity index (χ3v) is 7.13. The second kappa shape index (κ2) is 10.6. The molecule has 0 bridgehead atoms. The molecule has 1 aliphatic rings. The monoisotopic (exact) mass is 535 g/mol. The number of nitrogens with zero attached hydrogens (tertiary/aromatic N) is 2. The molecule has 1 aliphatic carbocycles. The van der Waals surface area contributed by atoms with Crippen LogP contribution in [0.4, 0.5) is 9.39 Å². The Labute approximate surface area is 209 Å². The lowest BCUT2D eigenvalue weighted by molar-refractivity contribution is -0.112. The SMILES string of the molecule is N#C/C(=C\c1cc(Br)ccc1OCc1cccc(F)c1)C(=O)Nc1sc2c(c1C#N)CCCC2. The molecule has 0 unspecified atom stereocenters. The largest absolute Gasteiger partial charge is 0.488 e. The first-order valence-electron chi connectivity index (χ1n) is 10.6. The summed E-state index contributed by atoms with van der Waals surface area (Å²) in [5.41, 5.74) is 2.55. The first-order chi connectivity index (χ1) is 16.5. The highest BCUT2D eigenvalue weighted by Crippen LogP contribution is 2.38. The highest BCUT2D eigenvalue weighted by molar-refractivity contribution is 9.10. The Kier molecular flexibility index (Phi) is 7.42. The van der Waals surface area contributed by atoms with Crippen LogP contribution in [-0.4, -0.2) is 5.91 Å². The van der Waals surface area contributed by atoms with Crippen molar-refractivity contribution in [3.8, 4) is 17.9 Å². The molecule has 0 spiro atoms. The van der Waals surface area contributed by atoms with Crippen LogP contribution in [0.25, 0.3) is 6.08 Å². The molecule has 3 aromatic rings. The number of nitrogens with one attached hydrogen (secondary N) is 1. The minimum atomic E-state index is -0.589. The summed E-state index contributed by atoms with van der Waals surface area (Å²) >= 11 is 4.81. The van der Waals surface area contributed by atoms with Crippen molar-refractivity contribution >= 4 is 44.3 Å². The van der Waals surface area contributed by atoms with Gasteiger partial charge in [0.25, 0.3) is 5.91 Å². The molecule has 0 saturated carbocycles. The van der Waals surface area contributed by atoms with E-state index in [0.29, 0.717) is 27.4 Å². The Bertz CT molecular complexity index is 1370. The van der Waals surface area contributed by atoms with E-state index >= 15 is 0 Å². The van der Waals surface area contributed by atoms with Crippen molar-refractivity contribution in [3.63, 3.8) is 0 Å². The number of hydrogen-bond donors (Lipinski definition) is 1. The molecular weight excluding hydrogens is 517 g/mol. The molecule has 1 amide bonds. The molecule has 0 radical (unpaired) electrons. The van der Waals surface area contributed by atoms with Crippen LogP contribution in [0, 0.1) is 28.5 Å². The van der Waals surface area contributed by atoms with E-state index in [-0.39, 0.29) is 18.0 Å². The highest BCUT2D eigenvalue weighted by Gasteiger charge is 2.23. The van der Waals surface area contributed by atoms with Crippen molar-refractivity contribution in [3.05, 3.63) is 85.5 Å². The van der Waals surface area contributed by atoms with Gasteiger partial charge in [0.1, 0.15) is 40.9 Å². The summed E-state index contributed by atoms with van der Waals surface area (Å²) < 4.78 is 20.1. The molecule has 0 fully saturated rings. The third kappa shape index (κ3) is 5.36. The van der Waals surface area contributed by atoms with Crippen molar-refractivity contribution in [2.45, 2.75) is 32.3 Å². The Morgan fingerprint density at radius 3 is 2.79 bits per heavy atom. The van der Waals surface area contributed by atoms with Crippen molar-refractivity contribution < 1.29 is 13.9 Å². The van der Waals surface area contributed by atoms with Gasteiger partial charge in [0.05, 0.1) is 5.56 Å².